The standard InChI is InChI=1S/C14H28N4O2S/c1-5-13-15-12-14(16-13)21(19,20)18(8-4)11-9-10-17(6-2)7-3/h12H,5-11H2,1-4H3,(H,15,16). The molecule has 0 aromatic carbocycles. The van der Waals surface area contributed by atoms with Gasteiger partial charge in [0, 0.05) is 19.5 Å². The molecule has 0 atom stereocenters. The smallest absolute Gasteiger partial charge is 0.260 e. The van der Waals surface area contributed by atoms with Crippen molar-refractivity contribution < 1.29 is 8.42 Å². The molecule has 1 N–H and O–H groups in total. The van der Waals surface area contributed by atoms with Crippen molar-refractivity contribution in [3.8, 4) is 0 Å². The third-order valence-electron chi connectivity index (χ3n) is 3.69. The second-order valence-corrected chi connectivity index (χ2v) is 6.83. The van der Waals surface area contributed by atoms with E-state index in [2.05, 4.69) is 28.7 Å². The zero-order chi connectivity index (χ0) is 15.9. The van der Waals surface area contributed by atoms with Crippen molar-refractivity contribution in [1.82, 2.24) is 19.2 Å². The predicted molar refractivity (Wildman–Crippen MR) is 84.8 cm³/mol. The molecule has 0 spiro atoms. The second-order valence-electron chi connectivity index (χ2n) is 4.92. The van der Waals surface area contributed by atoms with Crippen molar-refractivity contribution in [2.45, 2.75) is 45.6 Å². The van der Waals surface area contributed by atoms with Crippen LogP contribution in [0.25, 0.3) is 0 Å². The number of H-pyrrole nitrogens is 1. The van der Waals surface area contributed by atoms with E-state index in [-0.39, 0.29) is 5.03 Å². The average molecular weight is 316 g/mol. The Morgan fingerprint density at radius 2 is 1.76 bits per heavy atom. The van der Waals surface area contributed by atoms with Crippen LogP contribution in [0.4, 0.5) is 0 Å². The molecule has 0 saturated heterocycles. The van der Waals surface area contributed by atoms with Crippen LogP contribution in [0.3, 0.4) is 0 Å². The van der Waals surface area contributed by atoms with E-state index in [4.69, 9.17) is 0 Å². The average Bonchev–Trinajstić information content (AvgIpc) is 2.97. The summed E-state index contributed by atoms with van der Waals surface area (Å²) in [6.45, 7) is 12.0. The van der Waals surface area contributed by atoms with E-state index in [1.807, 2.05) is 13.8 Å². The van der Waals surface area contributed by atoms with Gasteiger partial charge in [0.15, 0.2) is 5.03 Å². The maximum Gasteiger partial charge on any atom is 0.260 e. The summed E-state index contributed by atoms with van der Waals surface area (Å²) < 4.78 is 26.6. The van der Waals surface area contributed by atoms with Crippen LogP contribution in [0, 0.1) is 0 Å². The highest BCUT2D eigenvalue weighted by Gasteiger charge is 2.24. The summed E-state index contributed by atoms with van der Waals surface area (Å²) in [5.41, 5.74) is 0. The Balaban J connectivity index is 2.69. The third kappa shape index (κ3) is 4.79. The molecule has 0 saturated carbocycles. The minimum absolute atomic E-state index is 0.198. The Kier molecular flexibility index (Phi) is 7.34. The zero-order valence-corrected chi connectivity index (χ0v) is 14.4. The van der Waals surface area contributed by atoms with E-state index in [0.717, 1.165) is 26.1 Å². The minimum atomic E-state index is -3.46. The van der Waals surface area contributed by atoms with E-state index < -0.39 is 10.0 Å². The Morgan fingerprint density at radius 1 is 1.10 bits per heavy atom. The van der Waals surface area contributed by atoms with Gasteiger partial charge in [-0.25, -0.2) is 13.4 Å². The molecule has 0 amide bonds. The molecule has 0 aliphatic rings. The number of nitrogens with one attached hydrogen (secondary N) is 1. The molecule has 0 radical (unpaired) electrons. The third-order valence-corrected chi connectivity index (χ3v) is 5.57. The Hall–Kier alpha value is -0.920. The number of sulfonamides is 1. The molecule has 6 nitrogen and oxygen atoms in total. The molecule has 1 rings (SSSR count). The maximum absolute atomic E-state index is 12.5. The lowest BCUT2D eigenvalue weighted by Crippen LogP contribution is -2.34. The number of hydrogen-bond acceptors (Lipinski definition) is 4. The van der Waals surface area contributed by atoms with Crippen LogP contribution >= 0.6 is 0 Å². The molecular weight excluding hydrogens is 288 g/mol. The number of nitrogens with zero attached hydrogens (tertiary/aromatic N) is 3. The van der Waals surface area contributed by atoms with Gasteiger partial charge in [0.25, 0.3) is 10.0 Å². The quantitative estimate of drug-likeness (QED) is 0.713. The molecule has 0 fully saturated rings. The van der Waals surface area contributed by atoms with Gasteiger partial charge in [-0.05, 0) is 26.1 Å². The van der Waals surface area contributed by atoms with Crippen molar-refractivity contribution in [3.63, 3.8) is 0 Å². The summed E-state index contributed by atoms with van der Waals surface area (Å²) >= 11 is 0. The summed E-state index contributed by atoms with van der Waals surface area (Å²) in [4.78, 5) is 9.27. The molecule has 1 heterocycles. The van der Waals surface area contributed by atoms with E-state index in [9.17, 15) is 8.42 Å². The van der Waals surface area contributed by atoms with Crippen LogP contribution in [0.5, 0.6) is 0 Å². The van der Waals surface area contributed by atoms with Gasteiger partial charge in [-0.15, -0.1) is 0 Å². The molecule has 7 heteroatoms. The largest absolute Gasteiger partial charge is 0.332 e. The van der Waals surface area contributed by atoms with E-state index >= 15 is 0 Å². The predicted octanol–water partition coefficient (Wildman–Crippen LogP) is 1.71. The van der Waals surface area contributed by atoms with Crippen LogP contribution in [0.2, 0.25) is 0 Å². The molecular formula is C14H28N4O2S. The molecule has 0 bridgehead atoms. The highest BCUT2D eigenvalue weighted by molar-refractivity contribution is 7.89. The monoisotopic (exact) mass is 316 g/mol. The SMILES string of the molecule is CCc1ncc(S(=O)(=O)N(CC)CCCN(CC)CC)[nH]1. The van der Waals surface area contributed by atoms with Gasteiger partial charge in [0.2, 0.25) is 0 Å². The van der Waals surface area contributed by atoms with Crippen molar-refractivity contribution in [3.05, 3.63) is 12.0 Å². The van der Waals surface area contributed by atoms with Crippen molar-refractivity contribution in [1.29, 1.82) is 0 Å². The highest BCUT2D eigenvalue weighted by atomic mass is 32.2. The summed E-state index contributed by atoms with van der Waals surface area (Å²) in [7, 11) is -3.46. The number of hydrogen-bond donors (Lipinski definition) is 1. The fourth-order valence-electron chi connectivity index (χ4n) is 2.25. The number of aryl methyl sites for hydroxylation is 1. The van der Waals surface area contributed by atoms with Crippen LogP contribution in [-0.4, -0.2) is 60.3 Å². The molecule has 0 aliphatic carbocycles. The molecule has 1 aromatic rings. The zero-order valence-electron chi connectivity index (χ0n) is 13.6. The summed E-state index contributed by atoms with van der Waals surface area (Å²) in [6.07, 6.45) is 2.95. The fraction of sp³-hybridized carbons (Fsp3) is 0.786. The molecule has 21 heavy (non-hydrogen) atoms. The molecule has 0 unspecified atom stereocenters. The van der Waals surface area contributed by atoms with Crippen LogP contribution in [-0.2, 0) is 16.4 Å². The molecule has 1 aromatic heterocycles. The lowest BCUT2D eigenvalue weighted by atomic mass is 10.3. The van der Waals surface area contributed by atoms with Gasteiger partial charge in [0.05, 0.1) is 6.20 Å². The van der Waals surface area contributed by atoms with E-state index in [0.29, 0.717) is 25.3 Å². The first-order chi connectivity index (χ1) is 9.99. The first-order valence-corrected chi connectivity index (χ1v) is 9.19. The van der Waals surface area contributed by atoms with Gasteiger partial charge in [-0.1, -0.05) is 27.7 Å². The topological polar surface area (TPSA) is 69.3 Å². The molecule has 122 valence electrons. The minimum Gasteiger partial charge on any atom is -0.332 e. The second kappa shape index (κ2) is 8.51. The summed E-state index contributed by atoms with van der Waals surface area (Å²) in [6, 6.07) is 0. The van der Waals surface area contributed by atoms with Crippen LogP contribution in [0.1, 0.15) is 39.9 Å². The van der Waals surface area contributed by atoms with Crippen molar-refractivity contribution >= 4 is 10.0 Å². The van der Waals surface area contributed by atoms with E-state index in [1.54, 1.807) is 0 Å². The Bertz CT molecular complexity index is 509. The lowest BCUT2D eigenvalue weighted by Gasteiger charge is -2.22. The fourth-order valence-corrected chi connectivity index (χ4v) is 3.67. The van der Waals surface area contributed by atoms with Crippen molar-refractivity contribution in [2.24, 2.45) is 0 Å². The van der Waals surface area contributed by atoms with Gasteiger partial charge in [-0.3, -0.25) is 0 Å². The number of rotatable bonds is 10. The Morgan fingerprint density at radius 3 is 2.24 bits per heavy atom. The lowest BCUT2D eigenvalue weighted by molar-refractivity contribution is 0.285. The highest BCUT2D eigenvalue weighted by Crippen LogP contribution is 2.14. The van der Waals surface area contributed by atoms with Crippen LogP contribution < -0.4 is 0 Å². The first kappa shape index (κ1) is 18.1. The van der Waals surface area contributed by atoms with Gasteiger partial charge in [0.1, 0.15) is 5.82 Å². The Labute approximate surface area is 128 Å². The number of imidazole rings is 1. The number of aromatic nitrogens is 2. The maximum atomic E-state index is 12.5. The normalized spacial score (nSPS) is 12.5. The van der Waals surface area contributed by atoms with E-state index in [1.165, 1.54) is 10.5 Å². The van der Waals surface area contributed by atoms with Crippen molar-refractivity contribution in [2.75, 3.05) is 32.7 Å². The summed E-state index contributed by atoms with van der Waals surface area (Å²) in [5, 5.41) is 0.198. The number of aromatic amines is 1. The van der Waals surface area contributed by atoms with Gasteiger partial charge >= 0.3 is 0 Å². The van der Waals surface area contributed by atoms with Crippen LogP contribution in [0.15, 0.2) is 11.2 Å². The molecule has 0 aliphatic heterocycles. The first-order valence-electron chi connectivity index (χ1n) is 7.75. The van der Waals surface area contributed by atoms with Gasteiger partial charge in [-0.2, -0.15) is 4.31 Å². The summed E-state index contributed by atoms with van der Waals surface area (Å²) in [5.74, 6) is 0.702. The van der Waals surface area contributed by atoms with Gasteiger partial charge < -0.3 is 9.88 Å².